The highest BCUT2D eigenvalue weighted by Gasteiger charge is 2.12. The van der Waals surface area contributed by atoms with Gasteiger partial charge in [0, 0.05) is 6.04 Å². The third kappa shape index (κ3) is 1.78. The Balaban J connectivity index is 3.28. The van der Waals surface area contributed by atoms with Crippen molar-refractivity contribution in [1.29, 1.82) is 5.26 Å². The summed E-state index contributed by atoms with van der Waals surface area (Å²) in [5.41, 5.74) is 5.16. The van der Waals surface area contributed by atoms with Crippen LogP contribution in [0, 0.1) is 23.0 Å². The summed E-state index contributed by atoms with van der Waals surface area (Å²) >= 11 is 0. The molecule has 0 radical (unpaired) electrons. The Labute approximate surface area is 80.3 Å². The van der Waals surface area contributed by atoms with Gasteiger partial charge < -0.3 is 5.73 Å². The van der Waals surface area contributed by atoms with Gasteiger partial charge in [-0.3, -0.25) is 0 Å². The van der Waals surface area contributed by atoms with Crippen LogP contribution in [0.3, 0.4) is 0 Å². The number of nitrogens with two attached hydrogens (primary N) is 1. The van der Waals surface area contributed by atoms with Crippen LogP contribution in [0.4, 0.5) is 8.78 Å². The predicted octanol–water partition coefficient (Wildman–Crippen LogP) is 2.02. The molecule has 0 fully saturated rings. The van der Waals surface area contributed by atoms with Crippen LogP contribution in [-0.4, -0.2) is 0 Å². The van der Waals surface area contributed by atoms with Crippen LogP contribution in [0.5, 0.6) is 0 Å². The molecule has 0 aliphatic rings. The van der Waals surface area contributed by atoms with Crippen molar-refractivity contribution < 1.29 is 8.78 Å². The van der Waals surface area contributed by atoms with Crippen LogP contribution < -0.4 is 5.73 Å². The van der Waals surface area contributed by atoms with Gasteiger partial charge in [-0.15, -0.1) is 6.58 Å². The van der Waals surface area contributed by atoms with Gasteiger partial charge in [0.05, 0.1) is 0 Å². The van der Waals surface area contributed by atoms with E-state index in [0.29, 0.717) is 0 Å². The van der Waals surface area contributed by atoms with E-state index in [-0.39, 0.29) is 5.56 Å². The molecule has 14 heavy (non-hydrogen) atoms. The van der Waals surface area contributed by atoms with E-state index in [1.165, 1.54) is 12.1 Å². The Hall–Kier alpha value is -1.73. The zero-order valence-electron chi connectivity index (χ0n) is 7.30. The van der Waals surface area contributed by atoms with Crippen molar-refractivity contribution in [2.75, 3.05) is 0 Å². The number of hydrogen-bond donors (Lipinski definition) is 1. The lowest BCUT2D eigenvalue weighted by Crippen LogP contribution is -2.08. The number of rotatable bonds is 2. The second kappa shape index (κ2) is 3.99. The number of hydrogen-bond acceptors (Lipinski definition) is 2. The molecule has 2 N–H and O–H groups in total. The van der Waals surface area contributed by atoms with Crippen LogP contribution >= 0.6 is 0 Å². The highest BCUT2D eigenvalue weighted by Crippen LogP contribution is 2.18. The second-order valence-corrected chi connectivity index (χ2v) is 2.73. The molecule has 0 aliphatic heterocycles. The first-order chi connectivity index (χ1) is 6.60. The molecule has 1 rings (SSSR count). The highest BCUT2D eigenvalue weighted by molar-refractivity contribution is 5.36. The maximum absolute atomic E-state index is 13.1. The lowest BCUT2D eigenvalue weighted by atomic mass is 10.0. The van der Waals surface area contributed by atoms with Crippen LogP contribution in [0.15, 0.2) is 24.8 Å². The van der Waals surface area contributed by atoms with Crippen molar-refractivity contribution in [2.45, 2.75) is 6.04 Å². The molecule has 0 bridgehead atoms. The molecule has 1 atom stereocenters. The Morgan fingerprint density at radius 3 is 2.29 bits per heavy atom. The molecule has 0 aliphatic carbocycles. The van der Waals surface area contributed by atoms with E-state index in [1.807, 2.05) is 0 Å². The normalized spacial score (nSPS) is 11.9. The minimum Gasteiger partial charge on any atom is -0.321 e. The average Bonchev–Trinajstić information content (AvgIpc) is 2.16. The number of nitrogens with zero attached hydrogens (tertiary/aromatic N) is 1. The van der Waals surface area contributed by atoms with E-state index in [4.69, 9.17) is 11.0 Å². The Kier molecular flexibility index (Phi) is 2.95. The molecule has 1 aromatic carbocycles. The molecule has 72 valence electrons. The van der Waals surface area contributed by atoms with E-state index in [0.717, 1.165) is 12.1 Å². The Morgan fingerprint density at radius 2 is 1.93 bits per heavy atom. The number of benzene rings is 1. The van der Waals surface area contributed by atoms with Gasteiger partial charge in [-0.05, 0) is 17.7 Å². The summed E-state index contributed by atoms with van der Waals surface area (Å²) in [6.07, 6.45) is 1.36. The van der Waals surface area contributed by atoms with Crippen molar-refractivity contribution in [1.82, 2.24) is 0 Å². The monoisotopic (exact) mass is 194 g/mol. The summed E-state index contributed by atoms with van der Waals surface area (Å²) in [6, 6.07) is 2.87. The summed E-state index contributed by atoms with van der Waals surface area (Å²) in [7, 11) is 0. The lowest BCUT2D eigenvalue weighted by molar-refractivity contribution is 0.571. The van der Waals surface area contributed by atoms with Gasteiger partial charge >= 0.3 is 0 Å². The van der Waals surface area contributed by atoms with Crippen LogP contribution in [-0.2, 0) is 0 Å². The van der Waals surface area contributed by atoms with Gasteiger partial charge in [-0.2, -0.15) is 5.26 Å². The zero-order valence-corrected chi connectivity index (χ0v) is 7.30. The quantitative estimate of drug-likeness (QED) is 0.732. The maximum atomic E-state index is 13.1. The topological polar surface area (TPSA) is 49.8 Å². The molecule has 0 aromatic heterocycles. The van der Waals surface area contributed by atoms with Crippen LogP contribution in [0.1, 0.15) is 17.2 Å². The minimum absolute atomic E-state index is 0.258. The van der Waals surface area contributed by atoms with Crippen LogP contribution in [0.25, 0.3) is 0 Å². The van der Waals surface area contributed by atoms with E-state index in [9.17, 15) is 8.78 Å². The van der Waals surface area contributed by atoms with Crippen molar-refractivity contribution in [3.05, 3.63) is 47.5 Å². The van der Waals surface area contributed by atoms with Gasteiger partial charge in [0.2, 0.25) is 0 Å². The zero-order chi connectivity index (χ0) is 10.7. The fourth-order valence-corrected chi connectivity index (χ4v) is 1.03. The molecule has 4 heteroatoms. The number of halogens is 2. The number of nitriles is 1. The van der Waals surface area contributed by atoms with E-state index in [1.54, 1.807) is 0 Å². The van der Waals surface area contributed by atoms with E-state index in [2.05, 4.69) is 6.58 Å². The Morgan fingerprint density at radius 1 is 1.43 bits per heavy atom. The first kappa shape index (κ1) is 10.4. The SMILES string of the molecule is C=CC(N)c1cc(F)c(C#N)c(F)c1. The molecular formula is C10H8F2N2. The molecule has 0 heterocycles. The van der Waals surface area contributed by atoms with Crippen molar-refractivity contribution in [3.63, 3.8) is 0 Å². The average molecular weight is 194 g/mol. The summed E-state index contributed by atoms with van der Waals surface area (Å²) < 4.78 is 26.1. The highest BCUT2D eigenvalue weighted by atomic mass is 19.1. The molecule has 1 aromatic rings. The summed E-state index contributed by atoms with van der Waals surface area (Å²) in [4.78, 5) is 0. The Bertz CT molecular complexity index is 384. The molecule has 0 saturated heterocycles. The van der Waals surface area contributed by atoms with Crippen molar-refractivity contribution in [2.24, 2.45) is 5.73 Å². The fourth-order valence-electron chi connectivity index (χ4n) is 1.03. The van der Waals surface area contributed by atoms with Crippen LogP contribution in [0.2, 0.25) is 0 Å². The largest absolute Gasteiger partial charge is 0.321 e. The van der Waals surface area contributed by atoms with Gasteiger partial charge in [0.1, 0.15) is 23.3 Å². The van der Waals surface area contributed by atoms with E-state index < -0.39 is 23.2 Å². The van der Waals surface area contributed by atoms with Gasteiger partial charge in [0.25, 0.3) is 0 Å². The summed E-state index contributed by atoms with van der Waals surface area (Å²) in [5.74, 6) is -1.81. The van der Waals surface area contributed by atoms with Crippen molar-refractivity contribution >= 4 is 0 Å². The molecule has 2 nitrogen and oxygen atoms in total. The second-order valence-electron chi connectivity index (χ2n) is 2.73. The standard InChI is InChI=1S/C10H8F2N2/c1-2-10(14)6-3-8(11)7(5-13)9(12)4-6/h2-4,10H,1,14H2. The maximum Gasteiger partial charge on any atom is 0.144 e. The molecule has 0 spiro atoms. The molecule has 1 unspecified atom stereocenters. The van der Waals surface area contributed by atoms with Gasteiger partial charge in [-0.25, -0.2) is 8.78 Å². The first-order valence-electron chi connectivity index (χ1n) is 3.87. The van der Waals surface area contributed by atoms with E-state index >= 15 is 0 Å². The summed E-state index contributed by atoms with van der Waals surface area (Å²) in [5, 5.41) is 8.40. The minimum atomic E-state index is -0.903. The van der Waals surface area contributed by atoms with Gasteiger partial charge in [-0.1, -0.05) is 6.08 Å². The lowest BCUT2D eigenvalue weighted by Gasteiger charge is -2.07. The predicted molar refractivity (Wildman–Crippen MR) is 48.2 cm³/mol. The first-order valence-corrected chi connectivity index (χ1v) is 3.87. The van der Waals surface area contributed by atoms with Crippen molar-refractivity contribution in [3.8, 4) is 6.07 Å². The van der Waals surface area contributed by atoms with Gasteiger partial charge in [0.15, 0.2) is 0 Å². The molecule has 0 amide bonds. The summed E-state index contributed by atoms with van der Waals surface area (Å²) in [6.45, 7) is 3.40. The smallest absolute Gasteiger partial charge is 0.144 e. The molecule has 0 saturated carbocycles. The molecular weight excluding hydrogens is 186 g/mol. The third-order valence-electron chi connectivity index (χ3n) is 1.82. The fraction of sp³-hybridized carbons (Fsp3) is 0.100. The third-order valence-corrected chi connectivity index (χ3v) is 1.82.